The SMILES string of the molecule is Cc1ccc(NC(=O)CSc2nc3ccccc3c(=O)n2N)c(Cl)c1. The van der Waals surface area contributed by atoms with Gasteiger partial charge in [0, 0.05) is 0 Å². The number of hydrogen-bond donors (Lipinski definition) is 2. The minimum absolute atomic E-state index is 0.0478. The first kappa shape index (κ1) is 17.3. The van der Waals surface area contributed by atoms with Gasteiger partial charge >= 0.3 is 0 Å². The maximum atomic E-state index is 12.2. The first-order chi connectivity index (χ1) is 12.0. The van der Waals surface area contributed by atoms with Crippen LogP contribution < -0.4 is 16.7 Å². The Morgan fingerprint density at radius 2 is 2.08 bits per heavy atom. The van der Waals surface area contributed by atoms with Crippen LogP contribution in [0.1, 0.15) is 5.56 Å². The van der Waals surface area contributed by atoms with Crippen LogP contribution in [0.3, 0.4) is 0 Å². The Bertz CT molecular complexity index is 1020. The summed E-state index contributed by atoms with van der Waals surface area (Å²) in [6.07, 6.45) is 0. The lowest BCUT2D eigenvalue weighted by Gasteiger charge is -2.09. The number of halogens is 1. The Hall–Kier alpha value is -2.51. The van der Waals surface area contributed by atoms with E-state index in [-0.39, 0.29) is 22.4 Å². The number of thioether (sulfide) groups is 1. The molecule has 0 bridgehead atoms. The number of fused-ring (bicyclic) bond motifs is 1. The van der Waals surface area contributed by atoms with Gasteiger partial charge < -0.3 is 11.2 Å². The second kappa shape index (κ2) is 7.16. The molecule has 25 heavy (non-hydrogen) atoms. The van der Waals surface area contributed by atoms with Crippen molar-refractivity contribution in [1.29, 1.82) is 0 Å². The molecule has 8 heteroatoms. The van der Waals surface area contributed by atoms with Crippen molar-refractivity contribution in [2.45, 2.75) is 12.1 Å². The van der Waals surface area contributed by atoms with Crippen molar-refractivity contribution in [2.75, 3.05) is 16.9 Å². The Morgan fingerprint density at radius 1 is 1.32 bits per heavy atom. The fourth-order valence-electron chi connectivity index (χ4n) is 2.27. The molecule has 128 valence electrons. The third-order valence-corrected chi connectivity index (χ3v) is 4.77. The van der Waals surface area contributed by atoms with E-state index < -0.39 is 0 Å². The van der Waals surface area contributed by atoms with Crippen molar-refractivity contribution in [3.05, 3.63) is 63.4 Å². The average Bonchev–Trinajstić information content (AvgIpc) is 2.59. The molecule has 0 radical (unpaired) electrons. The minimum atomic E-state index is -0.352. The molecule has 3 N–H and O–H groups in total. The van der Waals surface area contributed by atoms with E-state index in [0.29, 0.717) is 21.6 Å². The zero-order valence-corrected chi connectivity index (χ0v) is 14.9. The van der Waals surface area contributed by atoms with Gasteiger partial charge in [0.25, 0.3) is 5.56 Å². The van der Waals surface area contributed by atoms with Crippen LogP contribution in [-0.4, -0.2) is 21.3 Å². The number of nitrogens with zero attached hydrogens (tertiary/aromatic N) is 2. The highest BCUT2D eigenvalue weighted by atomic mass is 35.5. The molecule has 0 unspecified atom stereocenters. The number of anilines is 1. The molecule has 0 fully saturated rings. The molecule has 2 aromatic carbocycles. The maximum absolute atomic E-state index is 12.2. The molecule has 0 aliphatic carbocycles. The van der Waals surface area contributed by atoms with Gasteiger partial charge in [-0.05, 0) is 36.8 Å². The van der Waals surface area contributed by atoms with Crippen molar-refractivity contribution >= 4 is 45.9 Å². The van der Waals surface area contributed by atoms with E-state index in [1.165, 1.54) is 0 Å². The number of amides is 1. The van der Waals surface area contributed by atoms with E-state index in [9.17, 15) is 9.59 Å². The molecular formula is C17H15ClN4O2S. The molecule has 0 saturated carbocycles. The predicted molar refractivity (Wildman–Crippen MR) is 102 cm³/mol. The van der Waals surface area contributed by atoms with E-state index in [2.05, 4.69) is 10.3 Å². The zero-order chi connectivity index (χ0) is 18.0. The van der Waals surface area contributed by atoms with Crippen LogP contribution in [0.5, 0.6) is 0 Å². The number of nitrogens with one attached hydrogen (secondary N) is 1. The van der Waals surface area contributed by atoms with Gasteiger partial charge in [-0.1, -0.05) is 41.6 Å². The first-order valence-electron chi connectivity index (χ1n) is 7.41. The molecule has 0 aliphatic heterocycles. The number of nitrogen functional groups attached to an aromatic ring is 1. The molecule has 0 spiro atoms. The molecule has 1 aromatic heterocycles. The Labute approximate surface area is 153 Å². The Morgan fingerprint density at radius 3 is 2.84 bits per heavy atom. The molecule has 6 nitrogen and oxygen atoms in total. The molecule has 3 rings (SSSR count). The topological polar surface area (TPSA) is 90.0 Å². The maximum Gasteiger partial charge on any atom is 0.280 e. The first-order valence-corrected chi connectivity index (χ1v) is 8.78. The van der Waals surface area contributed by atoms with Crippen LogP contribution in [0.2, 0.25) is 5.02 Å². The van der Waals surface area contributed by atoms with Gasteiger partial charge in [0.15, 0.2) is 5.16 Å². The van der Waals surface area contributed by atoms with Gasteiger partial charge in [0.2, 0.25) is 5.91 Å². The van der Waals surface area contributed by atoms with Gasteiger partial charge in [0.1, 0.15) is 0 Å². The summed E-state index contributed by atoms with van der Waals surface area (Å²) in [6.45, 7) is 1.92. The summed E-state index contributed by atoms with van der Waals surface area (Å²) in [6, 6.07) is 12.3. The number of hydrogen-bond acceptors (Lipinski definition) is 5. The van der Waals surface area contributed by atoms with Crippen LogP contribution in [-0.2, 0) is 4.79 Å². The second-order valence-electron chi connectivity index (χ2n) is 5.41. The third-order valence-electron chi connectivity index (χ3n) is 3.51. The van der Waals surface area contributed by atoms with Gasteiger partial charge in [0.05, 0.1) is 27.4 Å². The van der Waals surface area contributed by atoms with Crippen molar-refractivity contribution in [2.24, 2.45) is 0 Å². The van der Waals surface area contributed by atoms with Crippen LogP contribution in [0.25, 0.3) is 10.9 Å². The fraction of sp³-hybridized carbons (Fsp3) is 0.118. The van der Waals surface area contributed by atoms with Crippen LogP contribution in [0.4, 0.5) is 5.69 Å². The quantitative estimate of drug-likeness (QED) is 0.416. The summed E-state index contributed by atoms with van der Waals surface area (Å²) in [7, 11) is 0. The highest BCUT2D eigenvalue weighted by Crippen LogP contribution is 2.23. The minimum Gasteiger partial charge on any atom is -0.334 e. The lowest BCUT2D eigenvalue weighted by molar-refractivity contribution is -0.113. The van der Waals surface area contributed by atoms with E-state index in [0.717, 1.165) is 22.0 Å². The van der Waals surface area contributed by atoms with E-state index in [1.54, 1.807) is 36.4 Å². The highest BCUT2D eigenvalue weighted by Gasteiger charge is 2.12. The molecule has 1 amide bonds. The highest BCUT2D eigenvalue weighted by molar-refractivity contribution is 7.99. The van der Waals surface area contributed by atoms with Gasteiger partial charge in [-0.15, -0.1) is 0 Å². The van der Waals surface area contributed by atoms with E-state index in [4.69, 9.17) is 17.4 Å². The lowest BCUT2D eigenvalue weighted by atomic mass is 10.2. The van der Waals surface area contributed by atoms with Crippen molar-refractivity contribution in [1.82, 2.24) is 9.66 Å². The molecule has 1 heterocycles. The average molecular weight is 375 g/mol. The lowest BCUT2D eigenvalue weighted by Crippen LogP contribution is -2.30. The zero-order valence-electron chi connectivity index (χ0n) is 13.3. The second-order valence-corrected chi connectivity index (χ2v) is 6.76. The number of aryl methyl sites for hydroxylation is 1. The summed E-state index contributed by atoms with van der Waals surface area (Å²) < 4.78 is 0.957. The summed E-state index contributed by atoms with van der Waals surface area (Å²) in [5.74, 6) is 5.58. The van der Waals surface area contributed by atoms with Gasteiger partial charge in [-0.3, -0.25) is 9.59 Å². The number of rotatable bonds is 4. The van der Waals surface area contributed by atoms with Gasteiger partial charge in [-0.2, -0.15) is 0 Å². The standard InChI is InChI=1S/C17H15ClN4O2S/c1-10-6-7-14(12(18)8-10)20-15(23)9-25-17-21-13-5-3-2-4-11(13)16(24)22(17)19/h2-8H,9,19H2,1H3,(H,20,23). The number of aromatic nitrogens is 2. The van der Waals surface area contributed by atoms with Crippen molar-refractivity contribution in [3.8, 4) is 0 Å². The molecule has 0 aliphatic rings. The smallest absolute Gasteiger partial charge is 0.280 e. The third kappa shape index (κ3) is 3.78. The number of benzene rings is 2. The van der Waals surface area contributed by atoms with Crippen LogP contribution >= 0.6 is 23.4 Å². The normalized spacial score (nSPS) is 10.8. The molecular weight excluding hydrogens is 360 g/mol. The van der Waals surface area contributed by atoms with Crippen molar-refractivity contribution in [3.63, 3.8) is 0 Å². The monoisotopic (exact) mass is 374 g/mol. The van der Waals surface area contributed by atoms with Crippen LogP contribution in [0.15, 0.2) is 52.4 Å². The Balaban J connectivity index is 1.75. The number of nitrogens with two attached hydrogens (primary N) is 1. The number of para-hydroxylation sites is 1. The van der Waals surface area contributed by atoms with Crippen molar-refractivity contribution < 1.29 is 4.79 Å². The Kier molecular flexibility index (Phi) is 4.96. The van der Waals surface area contributed by atoms with E-state index in [1.807, 2.05) is 13.0 Å². The number of carbonyl (C=O) groups is 1. The fourth-order valence-corrected chi connectivity index (χ4v) is 3.26. The van der Waals surface area contributed by atoms with E-state index >= 15 is 0 Å². The van der Waals surface area contributed by atoms with Crippen LogP contribution in [0, 0.1) is 6.92 Å². The largest absolute Gasteiger partial charge is 0.334 e. The molecule has 0 atom stereocenters. The summed E-state index contributed by atoms with van der Waals surface area (Å²) in [5, 5.41) is 3.91. The van der Waals surface area contributed by atoms with Gasteiger partial charge in [-0.25, -0.2) is 9.66 Å². The number of carbonyl (C=O) groups excluding carboxylic acids is 1. The predicted octanol–water partition coefficient (Wildman–Crippen LogP) is 2.80. The summed E-state index contributed by atoms with van der Waals surface area (Å²) in [4.78, 5) is 28.7. The summed E-state index contributed by atoms with van der Waals surface area (Å²) in [5.41, 5.74) is 1.73. The molecule has 0 saturated heterocycles. The summed E-state index contributed by atoms with van der Waals surface area (Å²) >= 11 is 7.19. The molecule has 3 aromatic rings.